The van der Waals surface area contributed by atoms with Gasteiger partial charge in [-0.1, -0.05) is 31.2 Å². The molecule has 11 heteroatoms. The lowest BCUT2D eigenvalue weighted by Crippen LogP contribution is -2.28. The van der Waals surface area contributed by atoms with Crippen LogP contribution in [0.15, 0.2) is 58.0 Å². The van der Waals surface area contributed by atoms with E-state index in [1.807, 2.05) is 37.3 Å². The van der Waals surface area contributed by atoms with Crippen molar-refractivity contribution in [1.82, 2.24) is 25.5 Å². The smallest absolute Gasteiger partial charge is 0.270 e. The number of nitrogens with zero attached hydrogens (tertiary/aromatic N) is 4. The molecule has 0 bridgehead atoms. The fraction of sp³-hybridized carbons (Fsp3) is 0.407. The number of nitrogen functional groups attached to an aromatic ring is 1. The maximum absolute atomic E-state index is 12.7. The molecular weight excluding hydrogens is 504 g/mol. The van der Waals surface area contributed by atoms with Gasteiger partial charge in [-0.2, -0.15) is 0 Å². The molecule has 2 aromatic heterocycles. The second-order valence-corrected chi connectivity index (χ2v) is 12.0. The molecule has 1 unspecified atom stereocenters. The lowest BCUT2D eigenvalue weighted by Gasteiger charge is -2.18. The Morgan fingerprint density at radius 2 is 1.97 bits per heavy atom. The highest BCUT2D eigenvalue weighted by molar-refractivity contribution is 7.96. The Balaban J connectivity index is 1.29. The van der Waals surface area contributed by atoms with Crippen LogP contribution in [0.2, 0.25) is 0 Å². The van der Waals surface area contributed by atoms with E-state index in [9.17, 15) is 8.42 Å². The van der Waals surface area contributed by atoms with Crippen LogP contribution in [0.5, 0.6) is 0 Å². The normalized spacial score (nSPS) is 20.4. The minimum Gasteiger partial charge on any atom is -0.414 e. The molecule has 1 aromatic carbocycles. The van der Waals surface area contributed by atoms with Gasteiger partial charge in [0.25, 0.3) is 5.89 Å². The van der Waals surface area contributed by atoms with E-state index in [1.54, 1.807) is 25.3 Å². The van der Waals surface area contributed by atoms with Crippen molar-refractivity contribution in [3.63, 3.8) is 0 Å². The number of benzene rings is 1. The number of nitrogens with two attached hydrogens (primary N) is 1. The Bertz CT molecular complexity index is 1440. The third-order valence-electron chi connectivity index (χ3n) is 7.05. The molecule has 1 saturated heterocycles. The van der Waals surface area contributed by atoms with Crippen LogP contribution < -0.4 is 11.1 Å². The molecule has 0 saturated carbocycles. The van der Waals surface area contributed by atoms with Crippen LogP contribution >= 0.6 is 0 Å². The van der Waals surface area contributed by atoms with Gasteiger partial charge in [-0.05, 0) is 50.0 Å². The maximum Gasteiger partial charge on any atom is 0.270 e. The predicted octanol–water partition coefficient (Wildman–Crippen LogP) is 3.80. The summed E-state index contributed by atoms with van der Waals surface area (Å²) < 4.78 is 36.7. The average Bonchev–Trinajstić information content (AvgIpc) is 3.65. The van der Waals surface area contributed by atoms with Crippen LogP contribution in [0.3, 0.4) is 0 Å². The minimum absolute atomic E-state index is 0.142. The molecule has 200 valence electrons. The summed E-state index contributed by atoms with van der Waals surface area (Å²) in [7, 11) is -3.33. The van der Waals surface area contributed by atoms with Crippen LogP contribution in [0.4, 0.5) is 5.82 Å². The predicted molar refractivity (Wildman–Crippen MR) is 144 cm³/mol. The number of sulfone groups is 1. The van der Waals surface area contributed by atoms with Crippen LogP contribution in [0, 0.1) is 0 Å². The largest absolute Gasteiger partial charge is 0.414 e. The number of anilines is 1. The Hall–Kier alpha value is -3.41. The summed E-state index contributed by atoms with van der Waals surface area (Å²) in [6, 6.07) is 8.32. The second-order valence-electron chi connectivity index (χ2n) is 9.65. The molecule has 0 amide bonds. The molecule has 0 spiro atoms. The van der Waals surface area contributed by atoms with E-state index in [0.29, 0.717) is 41.1 Å². The lowest BCUT2D eigenvalue weighted by atomic mass is 9.97. The quantitative estimate of drug-likeness (QED) is 0.414. The molecule has 5 rings (SSSR count). The molecule has 3 heterocycles. The number of nitrogens with one attached hydrogen (secondary N) is 1. The number of aromatic nitrogens is 4. The first-order valence-corrected chi connectivity index (χ1v) is 14.4. The number of hydrogen-bond donors (Lipinski definition) is 2. The summed E-state index contributed by atoms with van der Waals surface area (Å²) >= 11 is 0. The van der Waals surface area contributed by atoms with Gasteiger partial charge in [-0.3, -0.25) is 0 Å². The van der Waals surface area contributed by atoms with Crippen molar-refractivity contribution < 1.29 is 17.6 Å². The summed E-state index contributed by atoms with van der Waals surface area (Å²) in [5.41, 5.74) is 8.99. The Morgan fingerprint density at radius 3 is 2.66 bits per heavy atom. The topological polar surface area (TPSA) is 146 Å². The minimum atomic E-state index is -3.33. The molecule has 3 aromatic rings. The van der Waals surface area contributed by atoms with Crippen molar-refractivity contribution in [3.8, 4) is 23.0 Å². The van der Waals surface area contributed by atoms with E-state index in [4.69, 9.17) is 14.9 Å². The van der Waals surface area contributed by atoms with E-state index in [-0.39, 0.29) is 17.6 Å². The molecule has 1 aliphatic carbocycles. The molecule has 0 radical (unpaired) electrons. The highest BCUT2D eigenvalue weighted by Crippen LogP contribution is 2.32. The van der Waals surface area contributed by atoms with Gasteiger partial charge in [0.2, 0.25) is 5.89 Å². The molecule has 2 aliphatic rings. The first-order chi connectivity index (χ1) is 18.3. The third-order valence-corrected chi connectivity index (χ3v) is 9.40. The summed E-state index contributed by atoms with van der Waals surface area (Å²) in [4.78, 5) is 9.29. The fourth-order valence-electron chi connectivity index (χ4n) is 4.39. The van der Waals surface area contributed by atoms with Crippen molar-refractivity contribution in [2.24, 2.45) is 0 Å². The first kappa shape index (κ1) is 26.2. The SMILES string of the molecule is CCC(C)S(=O)(=O)C1=CC[C@@H](c2cnc(N)c(-c3nnc(-c4ccc(CN[C@@H]5CCOC5)cc4)o3)n2)C=C1. The van der Waals surface area contributed by atoms with Crippen molar-refractivity contribution in [3.05, 3.63) is 64.9 Å². The van der Waals surface area contributed by atoms with Gasteiger partial charge in [0.1, 0.15) is 0 Å². The standard InChI is InChI=1S/C27H32N6O4S/c1-3-17(2)38(34,35)22-10-8-19(9-11-22)23-15-30-25(28)24(31-23)27-33-32-26(37-27)20-6-4-18(5-7-20)14-29-21-12-13-36-16-21/h4-8,10-11,15,17,19,21,29H,3,9,12-14,16H2,1-2H3,(H2,28,30)/t17?,19-,21+/m0/s1. The zero-order valence-corrected chi connectivity index (χ0v) is 22.3. The summed E-state index contributed by atoms with van der Waals surface area (Å²) in [5, 5.41) is 11.4. The molecule has 1 fully saturated rings. The van der Waals surface area contributed by atoms with Gasteiger partial charge in [0.15, 0.2) is 21.3 Å². The van der Waals surface area contributed by atoms with Crippen LogP contribution in [-0.2, 0) is 21.1 Å². The Labute approximate surface area is 222 Å². The van der Waals surface area contributed by atoms with Gasteiger partial charge < -0.3 is 20.2 Å². The van der Waals surface area contributed by atoms with Gasteiger partial charge >= 0.3 is 0 Å². The van der Waals surface area contributed by atoms with E-state index < -0.39 is 15.1 Å². The summed E-state index contributed by atoms with van der Waals surface area (Å²) in [6.45, 7) is 5.92. The van der Waals surface area contributed by atoms with Crippen LogP contribution in [0.25, 0.3) is 23.0 Å². The Kier molecular flexibility index (Phi) is 7.68. The number of hydrogen-bond acceptors (Lipinski definition) is 10. The van der Waals surface area contributed by atoms with E-state index in [0.717, 1.165) is 37.3 Å². The van der Waals surface area contributed by atoms with Crippen molar-refractivity contribution in [2.45, 2.75) is 56.9 Å². The van der Waals surface area contributed by atoms with E-state index in [2.05, 4.69) is 25.5 Å². The van der Waals surface area contributed by atoms with Gasteiger partial charge in [0, 0.05) is 30.7 Å². The Morgan fingerprint density at radius 1 is 1.18 bits per heavy atom. The molecule has 10 nitrogen and oxygen atoms in total. The van der Waals surface area contributed by atoms with Crippen LogP contribution in [0.1, 0.15) is 50.3 Å². The van der Waals surface area contributed by atoms with Crippen molar-refractivity contribution >= 4 is 15.7 Å². The number of ether oxygens (including phenoxy) is 1. The molecule has 3 atom stereocenters. The highest BCUT2D eigenvalue weighted by Gasteiger charge is 2.26. The number of allylic oxidation sites excluding steroid dienone is 3. The zero-order chi connectivity index (χ0) is 26.7. The summed E-state index contributed by atoms with van der Waals surface area (Å²) in [5.74, 6) is 0.568. The van der Waals surface area contributed by atoms with E-state index >= 15 is 0 Å². The lowest BCUT2D eigenvalue weighted by molar-refractivity contribution is 0.190. The molecule has 3 N–H and O–H groups in total. The first-order valence-electron chi connectivity index (χ1n) is 12.8. The highest BCUT2D eigenvalue weighted by atomic mass is 32.2. The third kappa shape index (κ3) is 5.54. The van der Waals surface area contributed by atoms with Crippen molar-refractivity contribution in [2.75, 3.05) is 18.9 Å². The molecular formula is C27H32N6O4S. The van der Waals surface area contributed by atoms with Gasteiger partial charge in [-0.25, -0.2) is 18.4 Å². The van der Waals surface area contributed by atoms with Gasteiger partial charge in [-0.15, -0.1) is 10.2 Å². The number of rotatable bonds is 9. The summed E-state index contributed by atoms with van der Waals surface area (Å²) in [6.07, 6.45) is 8.92. The average molecular weight is 537 g/mol. The van der Waals surface area contributed by atoms with E-state index in [1.165, 1.54) is 0 Å². The maximum atomic E-state index is 12.7. The zero-order valence-electron chi connectivity index (χ0n) is 21.5. The van der Waals surface area contributed by atoms with Crippen LogP contribution in [-0.4, -0.2) is 53.1 Å². The monoisotopic (exact) mass is 536 g/mol. The fourth-order valence-corrected chi connectivity index (χ4v) is 5.89. The molecule has 1 aliphatic heterocycles. The van der Waals surface area contributed by atoms with Gasteiger partial charge in [0.05, 0.1) is 28.7 Å². The molecule has 38 heavy (non-hydrogen) atoms. The van der Waals surface area contributed by atoms with Crippen molar-refractivity contribution in [1.29, 1.82) is 0 Å². The second kappa shape index (κ2) is 11.1.